The zero-order valence-electron chi connectivity index (χ0n) is 12.3. The molecule has 122 valence electrons. The molecule has 0 saturated carbocycles. The summed E-state index contributed by atoms with van der Waals surface area (Å²) < 4.78 is 63.6. The Balaban J connectivity index is 0.00000106. The average molecular weight is 343 g/mol. The first-order valence-corrected chi connectivity index (χ1v) is 9.10. The lowest BCUT2D eigenvalue weighted by Gasteiger charge is -2.32. The highest BCUT2D eigenvalue weighted by atomic mass is 32.2. The van der Waals surface area contributed by atoms with Gasteiger partial charge in [-0.25, -0.2) is 8.42 Å². The topological polar surface area (TPSA) is 37.4 Å². The molecule has 0 radical (unpaired) electrons. The van der Waals surface area contributed by atoms with E-state index in [1.165, 1.54) is 6.07 Å². The maximum Gasteiger partial charge on any atom is 0.393 e. The fraction of sp³-hybridized carbons (Fsp3) is 0.692. The van der Waals surface area contributed by atoms with Crippen LogP contribution in [0.15, 0.2) is 16.3 Å². The van der Waals surface area contributed by atoms with Crippen LogP contribution in [0.3, 0.4) is 0 Å². The minimum Gasteiger partial charge on any atom is -0.206 e. The molecule has 1 aliphatic heterocycles. The zero-order valence-corrected chi connectivity index (χ0v) is 13.9. The number of thiophene rings is 1. The van der Waals surface area contributed by atoms with Crippen LogP contribution in [0.1, 0.15) is 31.6 Å². The fourth-order valence-electron chi connectivity index (χ4n) is 2.11. The molecule has 0 spiro atoms. The van der Waals surface area contributed by atoms with E-state index < -0.39 is 28.7 Å². The number of hydrogen-bond donors (Lipinski definition) is 0. The van der Waals surface area contributed by atoms with Gasteiger partial charge in [-0.1, -0.05) is 13.8 Å². The second kappa shape index (κ2) is 7.11. The first-order valence-electron chi connectivity index (χ1n) is 6.84. The molecular formula is C13H20F3NO2S2. The van der Waals surface area contributed by atoms with E-state index in [9.17, 15) is 21.6 Å². The van der Waals surface area contributed by atoms with Crippen molar-refractivity contribution in [3.63, 3.8) is 0 Å². The van der Waals surface area contributed by atoms with Gasteiger partial charge in [0.2, 0.25) is 0 Å². The molecule has 0 amide bonds. The predicted molar refractivity (Wildman–Crippen MR) is 77.9 cm³/mol. The van der Waals surface area contributed by atoms with E-state index in [2.05, 4.69) is 0 Å². The van der Waals surface area contributed by atoms with E-state index in [1.54, 1.807) is 13.0 Å². The first-order chi connectivity index (χ1) is 9.71. The molecule has 2 heterocycles. The van der Waals surface area contributed by atoms with Gasteiger partial charge in [-0.05, 0) is 31.9 Å². The van der Waals surface area contributed by atoms with Crippen molar-refractivity contribution in [1.29, 1.82) is 0 Å². The molecule has 0 bridgehead atoms. The second-order valence-electron chi connectivity index (χ2n) is 4.61. The van der Waals surface area contributed by atoms with Gasteiger partial charge in [0.05, 0.1) is 5.92 Å². The number of halogens is 3. The molecule has 1 unspecified atom stereocenters. The molecule has 1 aromatic rings. The van der Waals surface area contributed by atoms with E-state index in [1.807, 2.05) is 13.8 Å². The third-order valence-electron chi connectivity index (χ3n) is 3.16. The number of aryl methyl sites for hydroxylation is 1. The van der Waals surface area contributed by atoms with Gasteiger partial charge in [-0.15, -0.1) is 11.3 Å². The summed E-state index contributed by atoms with van der Waals surface area (Å²) in [6.45, 7) is 5.45. The van der Waals surface area contributed by atoms with E-state index in [0.717, 1.165) is 20.5 Å². The molecule has 1 aromatic heterocycles. The van der Waals surface area contributed by atoms with E-state index in [4.69, 9.17) is 0 Å². The predicted octanol–water partition coefficient (Wildman–Crippen LogP) is 4.05. The van der Waals surface area contributed by atoms with Crippen molar-refractivity contribution in [2.45, 2.75) is 44.0 Å². The van der Waals surface area contributed by atoms with E-state index in [0.29, 0.717) is 0 Å². The number of rotatable bonds is 2. The number of hydrogen-bond acceptors (Lipinski definition) is 3. The summed E-state index contributed by atoms with van der Waals surface area (Å²) in [6.07, 6.45) is -4.09. The Morgan fingerprint density at radius 3 is 2.38 bits per heavy atom. The molecule has 0 aromatic carbocycles. The van der Waals surface area contributed by atoms with Gasteiger partial charge in [0.15, 0.2) is 0 Å². The van der Waals surface area contributed by atoms with Crippen molar-refractivity contribution in [1.82, 2.24) is 4.31 Å². The Labute approximate surface area is 127 Å². The Hall–Kier alpha value is -0.600. The third kappa shape index (κ3) is 4.43. The monoisotopic (exact) mass is 343 g/mol. The minimum atomic E-state index is -4.33. The molecule has 8 heteroatoms. The van der Waals surface area contributed by atoms with Crippen LogP contribution in [0.25, 0.3) is 0 Å². The molecule has 3 nitrogen and oxygen atoms in total. The minimum absolute atomic E-state index is 0.00100. The standard InChI is InChI=1S/C11H14F3NO2S2.C2H6/c1-8-4-5-10(18-8)19(16,17)15-6-2-3-9(7-15)11(12,13)14;1-2/h4-5,9H,2-3,6-7H2,1H3;1-2H3. The highest BCUT2D eigenvalue weighted by Crippen LogP contribution is 2.35. The smallest absolute Gasteiger partial charge is 0.206 e. The highest BCUT2D eigenvalue weighted by Gasteiger charge is 2.44. The Morgan fingerprint density at radius 1 is 1.29 bits per heavy atom. The van der Waals surface area contributed by atoms with Crippen LogP contribution in [0.2, 0.25) is 0 Å². The average Bonchev–Trinajstić information content (AvgIpc) is 2.88. The van der Waals surface area contributed by atoms with Gasteiger partial charge in [-0.2, -0.15) is 17.5 Å². The van der Waals surface area contributed by atoms with Crippen molar-refractivity contribution in [2.24, 2.45) is 5.92 Å². The molecule has 1 aliphatic rings. The summed E-state index contributed by atoms with van der Waals surface area (Å²) in [7, 11) is -3.78. The maximum atomic E-state index is 12.7. The second-order valence-corrected chi connectivity index (χ2v) is 8.06. The van der Waals surface area contributed by atoms with Gasteiger partial charge >= 0.3 is 6.18 Å². The third-order valence-corrected chi connectivity index (χ3v) is 6.49. The van der Waals surface area contributed by atoms with Crippen molar-refractivity contribution in [2.75, 3.05) is 13.1 Å². The molecular weight excluding hydrogens is 323 g/mol. The van der Waals surface area contributed by atoms with Crippen LogP contribution in [0.4, 0.5) is 13.2 Å². The SMILES string of the molecule is CC.Cc1ccc(S(=O)(=O)N2CCCC(C(F)(F)F)C2)s1. The van der Waals surface area contributed by atoms with Crippen molar-refractivity contribution in [3.8, 4) is 0 Å². The summed E-state index contributed by atoms with van der Waals surface area (Å²) >= 11 is 1.09. The van der Waals surface area contributed by atoms with Crippen LogP contribution in [0, 0.1) is 12.8 Å². The van der Waals surface area contributed by atoms with Crippen LogP contribution < -0.4 is 0 Å². The molecule has 1 saturated heterocycles. The fourth-order valence-corrected chi connectivity index (χ4v) is 5.07. The van der Waals surface area contributed by atoms with Gasteiger partial charge < -0.3 is 0 Å². The first kappa shape index (κ1) is 18.4. The Morgan fingerprint density at radius 2 is 1.90 bits per heavy atom. The molecule has 0 aliphatic carbocycles. The van der Waals surface area contributed by atoms with Crippen molar-refractivity contribution >= 4 is 21.4 Å². The summed E-state index contributed by atoms with van der Waals surface area (Å²) in [6, 6.07) is 3.11. The molecule has 1 atom stereocenters. The van der Waals surface area contributed by atoms with Crippen LogP contribution in [0.5, 0.6) is 0 Å². The molecule has 1 fully saturated rings. The lowest BCUT2D eigenvalue weighted by atomic mass is 9.99. The summed E-state index contributed by atoms with van der Waals surface area (Å²) in [5, 5.41) is 0. The number of sulfonamides is 1. The van der Waals surface area contributed by atoms with Crippen molar-refractivity contribution in [3.05, 3.63) is 17.0 Å². The number of nitrogens with zero attached hydrogens (tertiary/aromatic N) is 1. The quantitative estimate of drug-likeness (QED) is 0.812. The lowest BCUT2D eigenvalue weighted by molar-refractivity contribution is -0.182. The number of piperidine rings is 1. The normalized spacial score (nSPS) is 20.8. The Kier molecular flexibility index (Phi) is 6.24. The van der Waals surface area contributed by atoms with Crippen molar-refractivity contribution < 1.29 is 21.6 Å². The van der Waals surface area contributed by atoms with Gasteiger partial charge in [0, 0.05) is 18.0 Å². The van der Waals surface area contributed by atoms with Crippen LogP contribution in [-0.4, -0.2) is 32.0 Å². The summed E-state index contributed by atoms with van der Waals surface area (Å²) in [4.78, 5) is 0.822. The summed E-state index contributed by atoms with van der Waals surface area (Å²) in [5.74, 6) is -1.56. The van der Waals surface area contributed by atoms with Gasteiger partial charge in [0.25, 0.3) is 10.0 Å². The van der Waals surface area contributed by atoms with Gasteiger partial charge in [-0.3, -0.25) is 0 Å². The van der Waals surface area contributed by atoms with Crippen LogP contribution in [-0.2, 0) is 10.0 Å². The van der Waals surface area contributed by atoms with E-state index >= 15 is 0 Å². The van der Waals surface area contributed by atoms with Crippen LogP contribution >= 0.6 is 11.3 Å². The zero-order chi connectivity index (χ0) is 16.3. The maximum absolute atomic E-state index is 12.7. The van der Waals surface area contributed by atoms with E-state index in [-0.39, 0.29) is 23.6 Å². The Bertz CT molecular complexity index is 552. The van der Waals surface area contributed by atoms with Gasteiger partial charge in [0.1, 0.15) is 4.21 Å². The highest BCUT2D eigenvalue weighted by molar-refractivity contribution is 7.91. The lowest BCUT2D eigenvalue weighted by Crippen LogP contribution is -2.44. The molecule has 21 heavy (non-hydrogen) atoms. The summed E-state index contributed by atoms with van der Waals surface area (Å²) in [5.41, 5.74) is 0. The largest absolute Gasteiger partial charge is 0.393 e. The molecule has 2 rings (SSSR count). The number of alkyl halides is 3. The molecule has 0 N–H and O–H groups in total.